The third-order valence-corrected chi connectivity index (χ3v) is 5.23. The van der Waals surface area contributed by atoms with E-state index < -0.39 is 29.6 Å². The van der Waals surface area contributed by atoms with Gasteiger partial charge in [-0.3, -0.25) is 0 Å². The predicted molar refractivity (Wildman–Crippen MR) is 112 cm³/mol. The van der Waals surface area contributed by atoms with Gasteiger partial charge in [0.05, 0.1) is 12.1 Å². The van der Waals surface area contributed by atoms with Gasteiger partial charge in [-0.05, 0) is 42.9 Å². The Hall–Kier alpha value is -3.09. The molecule has 0 aliphatic heterocycles. The largest absolute Gasteiger partial charge is 0.389 e. The zero-order valence-electron chi connectivity index (χ0n) is 16.3. The second-order valence-corrected chi connectivity index (χ2v) is 7.22. The van der Waals surface area contributed by atoms with Crippen molar-refractivity contribution in [2.75, 3.05) is 13.6 Å². The number of para-hydroxylation sites is 1. The fourth-order valence-electron chi connectivity index (χ4n) is 3.94. The van der Waals surface area contributed by atoms with Crippen molar-refractivity contribution in [1.82, 2.24) is 9.88 Å². The molecule has 0 aliphatic rings. The average molecular weight is 410 g/mol. The third kappa shape index (κ3) is 3.72. The highest BCUT2D eigenvalue weighted by atomic mass is 19.1. The average Bonchev–Trinajstić information content (AvgIpc) is 3.08. The molecule has 154 valence electrons. The molecule has 0 saturated carbocycles. The summed E-state index contributed by atoms with van der Waals surface area (Å²) in [7, 11) is 1.72. The smallest absolute Gasteiger partial charge is 0.134 e. The van der Waals surface area contributed by atoms with E-state index >= 15 is 0 Å². The van der Waals surface area contributed by atoms with Gasteiger partial charge in [-0.15, -0.1) is 0 Å². The van der Waals surface area contributed by atoms with Crippen LogP contribution in [0.15, 0.2) is 72.9 Å². The van der Waals surface area contributed by atoms with E-state index in [0.29, 0.717) is 11.1 Å². The number of aromatic nitrogens is 1. The van der Waals surface area contributed by atoms with Crippen molar-refractivity contribution in [3.05, 3.63) is 95.9 Å². The number of nitrogens with one attached hydrogen (secondary N) is 1. The number of aliphatic hydroxyl groups excluding tert-OH is 1. The first-order valence-electron chi connectivity index (χ1n) is 9.62. The van der Waals surface area contributed by atoms with Crippen LogP contribution in [0.25, 0.3) is 22.0 Å². The summed E-state index contributed by atoms with van der Waals surface area (Å²) < 4.78 is 43.8. The number of rotatable bonds is 6. The Balaban J connectivity index is 1.96. The van der Waals surface area contributed by atoms with Crippen LogP contribution in [0.5, 0.6) is 0 Å². The highest BCUT2D eigenvalue weighted by Gasteiger charge is 2.26. The van der Waals surface area contributed by atoms with Crippen molar-refractivity contribution in [3.63, 3.8) is 0 Å². The van der Waals surface area contributed by atoms with Crippen LogP contribution in [0.3, 0.4) is 0 Å². The topological polar surface area (TPSA) is 37.2 Å². The van der Waals surface area contributed by atoms with Gasteiger partial charge in [0.15, 0.2) is 0 Å². The van der Waals surface area contributed by atoms with Gasteiger partial charge in [0.25, 0.3) is 0 Å². The lowest BCUT2D eigenvalue weighted by Gasteiger charge is -2.26. The minimum absolute atomic E-state index is 0.257. The zero-order chi connectivity index (χ0) is 21.3. The maximum Gasteiger partial charge on any atom is 0.134 e. The van der Waals surface area contributed by atoms with E-state index in [1.807, 2.05) is 28.8 Å². The van der Waals surface area contributed by atoms with Crippen LogP contribution in [0.4, 0.5) is 13.2 Å². The van der Waals surface area contributed by atoms with Crippen molar-refractivity contribution in [3.8, 4) is 11.1 Å². The number of aliphatic hydroxyl groups is 1. The molecule has 4 aromatic rings. The van der Waals surface area contributed by atoms with Crippen LogP contribution in [0, 0.1) is 17.5 Å². The van der Waals surface area contributed by atoms with Gasteiger partial charge < -0.3 is 15.0 Å². The van der Waals surface area contributed by atoms with E-state index in [1.54, 1.807) is 25.4 Å². The van der Waals surface area contributed by atoms with Crippen LogP contribution >= 0.6 is 0 Å². The van der Waals surface area contributed by atoms with E-state index in [4.69, 9.17) is 0 Å². The van der Waals surface area contributed by atoms with Gasteiger partial charge in [0.1, 0.15) is 17.5 Å². The molecule has 0 fully saturated rings. The van der Waals surface area contributed by atoms with Gasteiger partial charge in [0.2, 0.25) is 0 Å². The quantitative estimate of drug-likeness (QED) is 0.475. The lowest BCUT2D eigenvalue weighted by molar-refractivity contribution is 0.132. The van der Waals surface area contributed by atoms with E-state index in [9.17, 15) is 18.3 Å². The van der Waals surface area contributed by atoms with Crippen LogP contribution in [0.2, 0.25) is 0 Å². The van der Waals surface area contributed by atoms with Crippen LogP contribution in [0.1, 0.15) is 11.6 Å². The van der Waals surface area contributed by atoms with Crippen molar-refractivity contribution in [2.45, 2.75) is 12.1 Å². The summed E-state index contributed by atoms with van der Waals surface area (Å²) in [6, 6.07) is 16.3. The number of hydrogen-bond donors (Lipinski definition) is 2. The Labute approximate surface area is 172 Å². The molecule has 0 saturated heterocycles. The number of hydrogen-bond acceptors (Lipinski definition) is 2. The molecule has 3 nitrogen and oxygen atoms in total. The summed E-state index contributed by atoms with van der Waals surface area (Å²) in [5, 5.41) is 14.6. The van der Waals surface area contributed by atoms with Gasteiger partial charge in [-0.2, -0.15) is 0 Å². The summed E-state index contributed by atoms with van der Waals surface area (Å²) >= 11 is 0. The van der Waals surface area contributed by atoms with E-state index in [-0.39, 0.29) is 12.1 Å². The summed E-state index contributed by atoms with van der Waals surface area (Å²) in [6.45, 7) is 0.272. The Morgan fingerprint density at radius 1 is 0.900 bits per heavy atom. The molecule has 0 aliphatic carbocycles. The van der Waals surface area contributed by atoms with Gasteiger partial charge in [-0.25, -0.2) is 13.2 Å². The summed E-state index contributed by atoms with van der Waals surface area (Å²) in [6.07, 6.45) is 0.855. The second-order valence-electron chi connectivity index (χ2n) is 7.22. The first-order valence-corrected chi connectivity index (χ1v) is 9.62. The minimum Gasteiger partial charge on any atom is -0.389 e. The summed E-state index contributed by atoms with van der Waals surface area (Å²) in [5.74, 6) is -1.73. The highest BCUT2D eigenvalue weighted by molar-refractivity contribution is 5.96. The summed E-state index contributed by atoms with van der Waals surface area (Å²) in [5.41, 5.74) is 2.17. The van der Waals surface area contributed by atoms with E-state index in [0.717, 1.165) is 17.0 Å². The van der Waals surface area contributed by atoms with Crippen LogP contribution in [-0.2, 0) is 0 Å². The number of fused-ring (bicyclic) bond motifs is 1. The molecule has 3 aromatic carbocycles. The first kappa shape index (κ1) is 20.2. The molecular formula is C24H21F3N2O. The molecule has 4 rings (SSSR count). The molecule has 30 heavy (non-hydrogen) atoms. The molecule has 1 aromatic heterocycles. The summed E-state index contributed by atoms with van der Waals surface area (Å²) in [4.78, 5) is 0. The fraction of sp³-hybridized carbons (Fsp3) is 0.167. The number of benzene rings is 3. The number of nitrogens with zero attached hydrogens (tertiary/aromatic N) is 1. The number of likely N-dealkylation sites (N-methyl/N-ethyl adjacent to an activating group) is 1. The molecule has 2 atom stereocenters. The fourth-order valence-corrected chi connectivity index (χ4v) is 3.94. The number of halogens is 3. The van der Waals surface area contributed by atoms with E-state index in [2.05, 4.69) is 5.32 Å². The molecule has 1 heterocycles. The lowest BCUT2D eigenvalue weighted by atomic mass is 10.0. The molecule has 2 unspecified atom stereocenters. The Kier molecular flexibility index (Phi) is 5.61. The molecule has 2 N–H and O–H groups in total. The Morgan fingerprint density at radius 3 is 2.40 bits per heavy atom. The Morgan fingerprint density at radius 2 is 1.67 bits per heavy atom. The molecule has 0 bridgehead atoms. The van der Waals surface area contributed by atoms with Gasteiger partial charge in [0, 0.05) is 40.8 Å². The highest BCUT2D eigenvalue weighted by Crippen LogP contribution is 2.36. The predicted octanol–water partition coefficient (Wildman–Crippen LogP) is 4.90. The molecule has 6 heteroatoms. The first-order chi connectivity index (χ1) is 14.5. The SMILES string of the molecule is CNCC(O)C(c1cccc(F)c1)n1cc(-c2ccc(F)cc2F)c2ccccc21. The molecule has 0 spiro atoms. The van der Waals surface area contributed by atoms with Crippen molar-refractivity contribution in [1.29, 1.82) is 0 Å². The van der Waals surface area contributed by atoms with Crippen molar-refractivity contribution < 1.29 is 18.3 Å². The molecule has 0 amide bonds. The lowest BCUT2D eigenvalue weighted by Crippen LogP contribution is -2.33. The van der Waals surface area contributed by atoms with E-state index in [1.165, 1.54) is 24.3 Å². The van der Waals surface area contributed by atoms with Crippen molar-refractivity contribution in [2.24, 2.45) is 0 Å². The standard InChI is InChI=1S/C24H21F3N2O/c1-28-13-23(30)24(15-5-4-6-16(25)11-15)29-14-20(19-7-2-3-8-22(19)29)18-10-9-17(26)12-21(18)27/h2-12,14,23-24,28,30H,13H2,1H3. The second kappa shape index (κ2) is 8.34. The maximum absolute atomic E-state index is 14.6. The van der Waals surface area contributed by atoms with Crippen LogP contribution in [-0.4, -0.2) is 29.4 Å². The van der Waals surface area contributed by atoms with Crippen LogP contribution < -0.4 is 5.32 Å². The van der Waals surface area contributed by atoms with Gasteiger partial charge >= 0.3 is 0 Å². The third-order valence-electron chi connectivity index (χ3n) is 5.23. The normalized spacial score (nSPS) is 13.5. The minimum atomic E-state index is -0.876. The van der Waals surface area contributed by atoms with Crippen molar-refractivity contribution >= 4 is 10.9 Å². The maximum atomic E-state index is 14.6. The molecular weight excluding hydrogens is 389 g/mol. The Bertz CT molecular complexity index is 1190. The monoisotopic (exact) mass is 410 g/mol. The molecule has 0 radical (unpaired) electrons. The zero-order valence-corrected chi connectivity index (χ0v) is 16.3. The van der Waals surface area contributed by atoms with Gasteiger partial charge in [-0.1, -0.05) is 30.3 Å².